The van der Waals surface area contributed by atoms with Crippen LogP contribution in [0.3, 0.4) is 0 Å². The number of nitrogens with zero attached hydrogens (tertiary/aromatic N) is 6. The van der Waals surface area contributed by atoms with Gasteiger partial charge >= 0.3 is 0 Å². The first-order valence-corrected chi connectivity index (χ1v) is 8.55. The fourth-order valence-corrected chi connectivity index (χ4v) is 3.05. The third-order valence-corrected chi connectivity index (χ3v) is 4.32. The van der Waals surface area contributed by atoms with Crippen molar-refractivity contribution in [1.82, 2.24) is 29.5 Å². The first-order chi connectivity index (χ1) is 13.3. The molecule has 27 heavy (non-hydrogen) atoms. The fraction of sp³-hybridized carbons (Fsp3) is 0.0500. The largest absolute Gasteiger partial charge is 0.323 e. The molecule has 1 aromatic carbocycles. The van der Waals surface area contributed by atoms with Crippen molar-refractivity contribution in [2.45, 2.75) is 6.42 Å². The van der Waals surface area contributed by atoms with Gasteiger partial charge in [-0.15, -0.1) is 5.10 Å². The summed E-state index contributed by atoms with van der Waals surface area (Å²) in [6.45, 7) is 0. The molecule has 1 N–H and O–H groups in total. The highest BCUT2D eigenvalue weighted by atomic mass is 15.3. The maximum Gasteiger partial charge on any atom is 0.153 e. The van der Waals surface area contributed by atoms with Gasteiger partial charge in [-0.1, -0.05) is 12.1 Å². The Labute approximate surface area is 154 Å². The molecule has 0 spiro atoms. The number of hydrogen-bond donors (Lipinski definition) is 1. The van der Waals surface area contributed by atoms with E-state index in [9.17, 15) is 0 Å². The van der Waals surface area contributed by atoms with Crippen molar-refractivity contribution >= 4 is 28.2 Å². The van der Waals surface area contributed by atoms with Crippen molar-refractivity contribution in [3.8, 4) is 0 Å². The van der Waals surface area contributed by atoms with E-state index in [0.29, 0.717) is 11.6 Å². The van der Waals surface area contributed by atoms with Gasteiger partial charge in [-0.25, -0.2) is 19.5 Å². The van der Waals surface area contributed by atoms with Crippen molar-refractivity contribution in [3.63, 3.8) is 0 Å². The normalized spacial score (nSPS) is 11.1. The molecule has 4 aromatic heterocycles. The number of pyridine rings is 1. The molecule has 5 aromatic rings. The van der Waals surface area contributed by atoms with Gasteiger partial charge in [0.1, 0.15) is 12.1 Å². The minimum absolute atomic E-state index is 0.695. The summed E-state index contributed by atoms with van der Waals surface area (Å²) in [7, 11) is 0. The smallest absolute Gasteiger partial charge is 0.153 e. The average Bonchev–Trinajstić information content (AvgIpc) is 3.11. The molecule has 4 heterocycles. The first-order valence-electron chi connectivity index (χ1n) is 8.55. The summed E-state index contributed by atoms with van der Waals surface area (Å²) in [5, 5.41) is 8.97. The van der Waals surface area contributed by atoms with E-state index in [2.05, 4.69) is 48.6 Å². The molecule has 130 valence electrons. The summed E-state index contributed by atoms with van der Waals surface area (Å²) in [6.07, 6.45) is 7.59. The van der Waals surface area contributed by atoms with Crippen LogP contribution in [0.5, 0.6) is 0 Å². The molecule has 0 saturated carbocycles. The Kier molecular flexibility index (Phi) is 3.68. The molecule has 7 nitrogen and oxygen atoms in total. The van der Waals surface area contributed by atoms with Gasteiger partial charge in [0, 0.05) is 24.2 Å². The Morgan fingerprint density at radius 1 is 0.889 bits per heavy atom. The monoisotopic (exact) mass is 353 g/mol. The van der Waals surface area contributed by atoms with Crippen molar-refractivity contribution in [3.05, 3.63) is 84.7 Å². The molecule has 0 aliphatic carbocycles. The molecular formula is C20H15N7. The third-order valence-electron chi connectivity index (χ3n) is 4.32. The molecule has 0 atom stereocenters. The van der Waals surface area contributed by atoms with Crippen molar-refractivity contribution < 1.29 is 0 Å². The fourth-order valence-electron chi connectivity index (χ4n) is 3.05. The number of fused-ring (bicyclic) bond motifs is 2. The molecule has 0 saturated heterocycles. The van der Waals surface area contributed by atoms with Crippen molar-refractivity contribution in [2.75, 3.05) is 5.32 Å². The van der Waals surface area contributed by atoms with E-state index in [1.165, 1.54) is 11.9 Å². The number of aromatic nitrogens is 6. The molecule has 0 fully saturated rings. The molecule has 0 radical (unpaired) electrons. The Bertz CT molecular complexity index is 1230. The number of hydrogen-bond acceptors (Lipinski definition) is 6. The summed E-state index contributed by atoms with van der Waals surface area (Å²) in [4.78, 5) is 16.9. The van der Waals surface area contributed by atoms with Gasteiger partial charge in [-0.2, -0.15) is 0 Å². The van der Waals surface area contributed by atoms with Crippen LogP contribution in [0.15, 0.2) is 73.4 Å². The van der Waals surface area contributed by atoms with E-state index >= 15 is 0 Å². The zero-order valence-corrected chi connectivity index (χ0v) is 14.3. The van der Waals surface area contributed by atoms with Crippen LogP contribution in [-0.4, -0.2) is 29.5 Å². The Hall–Kier alpha value is -3.87. The molecule has 0 aliphatic rings. The van der Waals surface area contributed by atoms with Crippen LogP contribution in [-0.2, 0) is 6.42 Å². The van der Waals surface area contributed by atoms with E-state index < -0.39 is 0 Å². The average molecular weight is 353 g/mol. The van der Waals surface area contributed by atoms with Gasteiger partial charge in [0.25, 0.3) is 0 Å². The highest BCUT2D eigenvalue weighted by Gasteiger charge is 2.08. The summed E-state index contributed by atoms with van der Waals surface area (Å²) in [5.74, 6) is 1.39. The third kappa shape index (κ3) is 3.06. The highest BCUT2D eigenvalue weighted by Crippen LogP contribution is 2.18. The minimum Gasteiger partial charge on any atom is -0.323 e. The standard InChI is InChI=1S/C20H15N7/c1-2-15-10-14(3-4-17(15)22-8-1)11-16-12-23-20-6-5-19(26-27(16)20)25-18-7-9-21-13-24-18/h1-10,12-13H,11H2,(H,21,24,25,26). The molecule has 0 unspecified atom stereocenters. The number of anilines is 2. The lowest BCUT2D eigenvalue weighted by Gasteiger charge is -2.07. The minimum atomic E-state index is 0.695. The van der Waals surface area contributed by atoms with Gasteiger partial charge in [-0.3, -0.25) is 4.98 Å². The molecule has 0 aliphatic heterocycles. The van der Waals surface area contributed by atoms with E-state index in [0.717, 1.165) is 28.7 Å². The van der Waals surface area contributed by atoms with E-state index in [4.69, 9.17) is 0 Å². The van der Waals surface area contributed by atoms with E-state index in [1.54, 1.807) is 12.3 Å². The first kappa shape index (κ1) is 15.4. The second-order valence-electron chi connectivity index (χ2n) is 6.16. The van der Waals surface area contributed by atoms with Crippen LogP contribution in [0.4, 0.5) is 11.6 Å². The van der Waals surface area contributed by atoms with Gasteiger partial charge in [0.15, 0.2) is 11.5 Å². The number of imidazole rings is 1. The zero-order valence-electron chi connectivity index (χ0n) is 14.3. The Balaban J connectivity index is 1.48. The van der Waals surface area contributed by atoms with Gasteiger partial charge in [0.2, 0.25) is 0 Å². The van der Waals surface area contributed by atoms with Crippen molar-refractivity contribution in [2.24, 2.45) is 0 Å². The van der Waals surface area contributed by atoms with Gasteiger partial charge in [0.05, 0.1) is 17.4 Å². The highest BCUT2D eigenvalue weighted by molar-refractivity contribution is 5.79. The number of nitrogens with one attached hydrogen (secondary N) is 1. The summed E-state index contributed by atoms with van der Waals surface area (Å²) >= 11 is 0. The van der Waals surface area contributed by atoms with E-state index in [1.807, 2.05) is 41.2 Å². The summed E-state index contributed by atoms with van der Waals surface area (Å²) in [5.41, 5.74) is 4.00. The predicted molar refractivity (Wildman–Crippen MR) is 103 cm³/mol. The molecule has 0 bridgehead atoms. The lowest BCUT2D eigenvalue weighted by atomic mass is 10.1. The lowest BCUT2D eigenvalue weighted by Crippen LogP contribution is -2.03. The molecule has 7 heteroatoms. The zero-order chi connectivity index (χ0) is 18.1. The predicted octanol–water partition coefficient (Wildman–Crippen LogP) is 3.40. The maximum atomic E-state index is 4.66. The van der Waals surface area contributed by atoms with Gasteiger partial charge in [-0.05, 0) is 42.0 Å². The van der Waals surface area contributed by atoms with Crippen molar-refractivity contribution in [1.29, 1.82) is 0 Å². The SMILES string of the molecule is c1cnc2ccc(Cc3cnc4ccc(Nc5ccncn5)nn34)cc2c1. The maximum absolute atomic E-state index is 4.66. The molecular weight excluding hydrogens is 338 g/mol. The van der Waals surface area contributed by atoms with Gasteiger partial charge < -0.3 is 5.32 Å². The van der Waals surface area contributed by atoms with Crippen LogP contribution in [0.1, 0.15) is 11.3 Å². The molecule has 0 amide bonds. The topological polar surface area (TPSA) is 80.9 Å². The van der Waals surface area contributed by atoms with Crippen LogP contribution >= 0.6 is 0 Å². The number of benzene rings is 1. The van der Waals surface area contributed by atoms with E-state index in [-0.39, 0.29) is 0 Å². The lowest BCUT2D eigenvalue weighted by molar-refractivity contribution is 0.875. The molecule has 5 rings (SSSR count). The summed E-state index contributed by atoms with van der Waals surface area (Å²) < 4.78 is 1.86. The van der Waals surface area contributed by atoms with Crippen LogP contribution in [0.25, 0.3) is 16.6 Å². The van der Waals surface area contributed by atoms with Crippen LogP contribution < -0.4 is 5.32 Å². The Morgan fingerprint density at radius 3 is 2.81 bits per heavy atom. The summed E-state index contributed by atoms with van der Waals surface area (Å²) in [6, 6.07) is 15.9. The second-order valence-corrected chi connectivity index (χ2v) is 6.16. The van der Waals surface area contributed by atoms with Crippen LogP contribution in [0.2, 0.25) is 0 Å². The Morgan fingerprint density at radius 2 is 1.89 bits per heavy atom. The van der Waals surface area contributed by atoms with Crippen LogP contribution in [0, 0.1) is 0 Å². The second kappa shape index (κ2) is 6.45. The quantitative estimate of drug-likeness (QED) is 0.533. The number of rotatable bonds is 4.